The van der Waals surface area contributed by atoms with Crippen molar-refractivity contribution in [1.29, 1.82) is 0 Å². The molecular weight excluding hydrogens is 340 g/mol. The second kappa shape index (κ2) is 9.52. The zero-order valence-corrected chi connectivity index (χ0v) is 15.0. The van der Waals surface area contributed by atoms with Gasteiger partial charge in [-0.25, -0.2) is 9.78 Å². The fourth-order valence-electron chi connectivity index (χ4n) is 2.21. The van der Waals surface area contributed by atoms with Gasteiger partial charge < -0.3 is 19.5 Å². The van der Waals surface area contributed by atoms with Gasteiger partial charge >= 0.3 is 5.97 Å². The Morgan fingerprint density at radius 1 is 1.23 bits per heavy atom. The Labute approximate surface area is 151 Å². The number of hydrogen-bond donors (Lipinski definition) is 1. The summed E-state index contributed by atoms with van der Waals surface area (Å²) in [5, 5.41) is 6.90. The van der Waals surface area contributed by atoms with Crippen molar-refractivity contribution in [3.05, 3.63) is 35.7 Å². The van der Waals surface area contributed by atoms with Crippen molar-refractivity contribution in [1.82, 2.24) is 20.1 Å². The van der Waals surface area contributed by atoms with Gasteiger partial charge in [-0.1, -0.05) is 0 Å². The Balaban J connectivity index is 2.13. The summed E-state index contributed by atoms with van der Waals surface area (Å²) in [7, 11) is 3.04. The minimum Gasteiger partial charge on any atom is -0.480 e. The van der Waals surface area contributed by atoms with E-state index in [2.05, 4.69) is 15.4 Å². The van der Waals surface area contributed by atoms with E-state index in [0.29, 0.717) is 24.5 Å². The lowest BCUT2D eigenvalue weighted by Crippen LogP contribution is -2.25. The maximum absolute atomic E-state index is 12.0. The highest BCUT2D eigenvalue weighted by Gasteiger charge is 2.21. The lowest BCUT2D eigenvalue weighted by molar-refractivity contribution is 0.0522. The van der Waals surface area contributed by atoms with Crippen LogP contribution in [-0.2, 0) is 9.47 Å². The van der Waals surface area contributed by atoms with Gasteiger partial charge in [0.15, 0.2) is 5.82 Å². The highest BCUT2D eigenvalue weighted by atomic mass is 16.5. The predicted molar refractivity (Wildman–Crippen MR) is 92.7 cm³/mol. The highest BCUT2D eigenvalue weighted by molar-refractivity contribution is 5.94. The first kappa shape index (κ1) is 19.4. The summed E-state index contributed by atoms with van der Waals surface area (Å²) in [5.41, 5.74) is 0.624. The number of nitrogens with zero attached hydrogens (tertiary/aromatic N) is 3. The molecule has 26 heavy (non-hydrogen) atoms. The smallest absolute Gasteiger partial charge is 0.345 e. The molecule has 0 radical (unpaired) electrons. The normalized spacial score (nSPS) is 10.4. The second-order valence-corrected chi connectivity index (χ2v) is 5.21. The van der Waals surface area contributed by atoms with Crippen molar-refractivity contribution in [3.8, 4) is 11.7 Å². The lowest BCUT2D eigenvalue weighted by Gasteiger charge is -2.08. The number of nitrogens with one attached hydrogen (secondary N) is 1. The van der Waals surface area contributed by atoms with Gasteiger partial charge in [0.25, 0.3) is 5.91 Å². The average Bonchev–Trinajstić information content (AvgIpc) is 3.09. The number of pyridine rings is 1. The zero-order valence-electron chi connectivity index (χ0n) is 15.0. The molecule has 9 nitrogen and oxygen atoms in total. The number of carbonyl (C=O) groups excluding carboxylic acids is 2. The van der Waals surface area contributed by atoms with Crippen LogP contribution in [0.4, 0.5) is 0 Å². The highest BCUT2D eigenvalue weighted by Crippen LogP contribution is 2.22. The van der Waals surface area contributed by atoms with Crippen LogP contribution in [0.3, 0.4) is 0 Å². The van der Waals surface area contributed by atoms with Crippen LogP contribution < -0.4 is 10.1 Å². The first-order valence-corrected chi connectivity index (χ1v) is 8.15. The molecule has 0 atom stereocenters. The first-order valence-electron chi connectivity index (χ1n) is 8.15. The molecule has 2 aromatic rings. The number of aromatic nitrogens is 3. The van der Waals surface area contributed by atoms with Crippen LogP contribution in [0, 0.1) is 0 Å². The van der Waals surface area contributed by atoms with Gasteiger partial charge in [-0.05, 0) is 25.5 Å². The van der Waals surface area contributed by atoms with Crippen LogP contribution in [0.1, 0.15) is 34.1 Å². The standard InChI is InChI=1S/C17H22N4O5/c1-4-26-17(23)13-11-20-21(16(13)25-3)14-7-6-12(10-19-14)15(22)18-8-5-9-24-2/h6-7,10-11H,4-5,8-9H2,1-3H3,(H,18,22). The molecule has 0 aliphatic rings. The summed E-state index contributed by atoms with van der Waals surface area (Å²) in [5.74, 6) is -0.122. The Bertz CT molecular complexity index is 742. The van der Waals surface area contributed by atoms with Crippen molar-refractivity contribution in [2.24, 2.45) is 0 Å². The fraction of sp³-hybridized carbons (Fsp3) is 0.412. The van der Waals surface area contributed by atoms with Crippen molar-refractivity contribution in [2.75, 3.05) is 34.0 Å². The lowest BCUT2D eigenvalue weighted by atomic mass is 10.2. The van der Waals surface area contributed by atoms with Crippen LogP contribution in [0.2, 0.25) is 0 Å². The summed E-state index contributed by atoms with van der Waals surface area (Å²) in [4.78, 5) is 28.2. The van der Waals surface area contributed by atoms with E-state index in [1.54, 1.807) is 26.2 Å². The fourth-order valence-corrected chi connectivity index (χ4v) is 2.21. The Hall–Kier alpha value is -2.94. The number of amides is 1. The maximum atomic E-state index is 12.0. The van der Waals surface area contributed by atoms with Crippen molar-refractivity contribution < 1.29 is 23.8 Å². The molecule has 0 aromatic carbocycles. The van der Waals surface area contributed by atoms with Gasteiger partial charge in [0.1, 0.15) is 5.56 Å². The molecule has 0 aliphatic heterocycles. The Morgan fingerprint density at radius 3 is 2.65 bits per heavy atom. The van der Waals surface area contributed by atoms with E-state index in [1.165, 1.54) is 24.2 Å². The molecule has 2 heterocycles. The molecule has 0 saturated carbocycles. The molecule has 0 bridgehead atoms. The summed E-state index contributed by atoms with van der Waals surface area (Å²) in [6, 6.07) is 3.24. The molecule has 9 heteroatoms. The van der Waals surface area contributed by atoms with E-state index in [1.807, 2.05) is 0 Å². The third-order valence-corrected chi connectivity index (χ3v) is 3.45. The number of rotatable bonds is 9. The minimum atomic E-state index is -0.525. The zero-order chi connectivity index (χ0) is 18.9. The predicted octanol–water partition coefficient (Wildman–Crippen LogP) is 1.22. The van der Waals surface area contributed by atoms with Crippen LogP contribution in [0.5, 0.6) is 5.88 Å². The number of methoxy groups -OCH3 is 2. The number of esters is 1. The van der Waals surface area contributed by atoms with Gasteiger partial charge in [-0.2, -0.15) is 9.78 Å². The average molecular weight is 362 g/mol. The maximum Gasteiger partial charge on any atom is 0.345 e. The van der Waals surface area contributed by atoms with E-state index in [9.17, 15) is 9.59 Å². The van der Waals surface area contributed by atoms with E-state index in [-0.39, 0.29) is 24.0 Å². The van der Waals surface area contributed by atoms with Crippen LogP contribution in [0.15, 0.2) is 24.5 Å². The molecule has 0 saturated heterocycles. The molecule has 0 fully saturated rings. The second-order valence-electron chi connectivity index (χ2n) is 5.21. The summed E-state index contributed by atoms with van der Waals surface area (Å²) >= 11 is 0. The van der Waals surface area contributed by atoms with Gasteiger partial charge in [0.05, 0.1) is 25.5 Å². The molecule has 0 aliphatic carbocycles. The molecule has 1 N–H and O–H groups in total. The van der Waals surface area contributed by atoms with E-state index >= 15 is 0 Å². The van der Waals surface area contributed by atoms with Crippen molar-refractivity contribution in [3.63, 3.8) is 0 Å². The van der Waals surface area contributed by atoms with Crippen LogP contribution in [-0.4, -0.2) is 60.6 Å². The van der Waals surface area contributed by atoms with Gasteiger partial charge in [0, 0.05) is 26.5 Å². The monoisotopic (exact) mass is 362 g/mol. The van der Waals surface area contributed by atoms with E-state index in [0.717, 1.165) is 6.42 Å². The molecule has 0 spiro atoms. The number of carbonyl (C=O) groups is 2. The Kier molecular flexibility index (Phi) is 7.10. The number of ether oxygens (including phenoxy) is 3. The summed E-state index contributed by atoms with van der Waals surface area (Å²) < 4.78 is 16.5. The van der Waals surface area contributed by atoms with Crippen LogP contribution >= 0.6 is 0 Å². The van der Waals surface area contributed by atoms with Crippen molar-refractivity contribution >= 4 is 11.9 Å². The molecular formula is C17H22N4O5. The topological polar surface area (TPSA) is 105 Å². The largest absolute Gasteiger partial charge is 0.480 e. The van der Waals surface area contributed by atoms with E-state index in [4.69, 9.17) is 14.2 Å². The molecule has 2 rings (SSSR count). The van der Waals surface area contributed by atoms with E-state index < -0.39 is 5.97 Å². The third kappa shape index (κ3) is 4.57. The quantitative estimate of drug-likeness (QED) is 0.528. The molecule has 140 valence electrons. The van der Waals surface area contributed by atoms with Crippen LogP contribution in [0.25, 0.3) is 5.82 Å². The third-order valence-electron chi connectivity index (χ3n) is 3.45. The molecule has 2 aromatic heterocycles. The van der Waals surface area contributed by atoms with Gasteiger partial charge in [-0.15, -0.1) is 0 Å². The first-order chi connectivity index (χ1) is 12.6. The summed E-state index contributed by atoms with van der Waals surface area (Å²) in [6.45, 7) is 3.07. The molecule has 0 unspecified atom stereocenters. The van der Waals surface area contributed by atoms with Gasteiger partial charge in [0.2, 0.25) is 5.88 Å². The van der Waals surface area contributed by atoms with Gasteiger partial charge in [-0.3, -0.25) is 4.79 Å². The summed E-state index contributed by atoms with van der Waals surface area (Å²) in [6.07, 6.45) is 3.52. The number of hydrogen-bond acceptors (Lipinski definition) is 7. The minimum absolute atomic E-state index is 0.205. The Morgan fingerprint density at radius 2 is 2.04 bits per heavy atom. The van der Waals surface area contributed by atoms with Crippen molar-refractivity contribution in [2.45, 2.75) is 13.3 Å². The molecule has 1 amide bonds. The SMILES string of the molecule is CCOC(=O)c1cnn(-c2ccc(C(=O)NCCCOC)cn2)c1OC.